The van der Waals surface area contributed by atoms with Crippen LogP contribution in [0.3, 0.4) is 0 Å². The van der Waals surface area contributed by atoms with Gasteiger partial charge in [0.1, 0.15) is 6.61 Å². The van der Waals surface area contributed by atoms with Gasteiger partial charge in [-0.25, -0.2) is 0 Å². The molecule has 146 valence electrons. The molecular weight excluding hydrogens is 440 g/mol. The molecule has 3 aromatic rings. The zero-order valence-corrected chi connectivity index (χ0v) is 18.0. The van der Waals surface area contributed by atoms with Crippen LogP contribution in [0.2, 0.25) is 20.1 Å². The molecule has 1 N–H and O–H groups in total. The lowest BCUT2D eigenvalue weighted by Crippen LogP contribution is -2.02. The van der Waals surface area contributed by atoms with Crippen LogP contribution >= 0.6 is 46.4 Å². The van der Waals surface area contributed by atoms with Gasteiger partial charge in [-0.15, -0.1) is 0 Å². The summed E-state index contributed by atoms with van der Waals surface area (Å²) >= 11 is 24.3. The third-order valence-corrected chi connectivity index (χ3v) is 5.27. The summed E-state index contributed by atoms with van der Waals surface area (Å²) in [5.41, 5.74) is 2.79. The van der Waals surface area contributed by atoms with Crippen molar-refractivity contribution in [3.63, 3.8) is 0 Å². The van der Waals surface area contributed by atoms with Crippen molar-refractivity contribution in [3.05, 3.63) is 85.8 Å². The fraction of sp³-hybridized carbons (Fsp3) is 0.143. The average molecular weight is 457 g/mol. The maximum atomic E-state index is 6.44. The quantitative estimate of drug-likeness (QED) is 0.399. The van der Waals surface area contributed by atoms with Gasteiger partial charge in [-0.05, 0) is 59.7 Å². The molecule has 0 aliphatic carbocycles. The Bertz CT molecular complexity index is 961. The highest BCUT2D eigenvalue weighted by molar-refractivity contribution is 6.42. The van der Waals surface area contributed by atoms with Crippen molar-refractivity contribution in [2.75, 3.05) is 12.4 Å². The van der Waals surface area contributed by atoms with E-state index in [9.17, 15) is 0 Å². The topological polar surface area (TPSA) is 30.5 Å². The zero-order valence-electron chi connectivity index (χ0n) is 14.9. The van der Waals surface area contributed by atoms with Crippen molar-refractivity contribution < 1.29 is 9.47 Å². The maximum Gasteiger partial charge on any atom is 0.180 e. The van der Waals surface area contributed by atoms with E-state index in [4.69, 9.17) is 55.9 Å². The standard InChI is InChI=1S/C21H17Cl4NO2/c1-27-20-10-14(11-26-16-5-3-15(22)4-6-16)9-19(25)21(20)28-12-13-2-7-17(23)18(24)8-13/h2-10,26H,11-12H2,1H3. The minimum absolute atomic E-state index is 0.287. The molecule has 0 atom stereocenters. The van der Waals surface area contributed by atoms with Crippen LogP contribution in [-0.4, -0.2) is 7.11 Å². The minimum atomic E-state index is 0.287. The molecule has 0 aromatic heterocycles. The highest BCUT2D eigenvalue weighted by atomic mass is 35.5. The number of ether oxygens (including phenoxy) is 2. The van der Waals surface area contributed by atoms with Crippen LogP contribution < -0.4 is 14.8 Å². The molecule has 0 aliphatic heterocycles. The number of hydrogen-bond donors (Lipinski definition) is 1. The van der Waals surface area contributed by atoms with Gasteiger partial charge in [0.15, 0.2) is 11.5 Å². The van der Waals surface area contributed by atoms with Gasteiger partial charge >= 0.3 is 0 Å². The number of rotatable bonds is 7. The van der Waals surface area contributed by atoms with E-state index in [0.717, 1.165) is 16.8 Å². The number of benzene rings is 3. The van der Waals surface area contributed by atoms with E-state index in [0.29, 0.717) is 38.1 Å². The largest absolute Gasteiger partial charge is 0.493 e. The molecule has 0 bridgehead atoms. The van der Waals surface area contributed by atoms with E-state index >= 15 is 0 Å². The Morgan fingerprint density at radius 3 is 2.18 bits per heavy atom. The summed E-state index contributed by atoms with van der Waals surface area (Å²) in [5.74, 6) is 1.03. The predicted molar refractivity (Wildman–Crippen MR) is 118 cm³/mol. The van der Waals surface area contributed by atoms with E-state index in [-0.39, 0.29) is 6.61 Å². The van der Waals surface area contributed by atoms with Gasteiger partial charge in [-0.2, -0.15) is 0 Å². The van der Waals surface area contributed by atoms with E-state index < -0.39 is 0 Å². The van der Waals surface area contributed by atoms with Gasteiger partial charge < -0.3 is 14.8 Å². The Morgan fingerprint density at radius 2 is 1.50 bits per heavy atom. The van der Waals surface area contributed by atoms with Crippen LogP contribution in [0.1, 0.15) is 11.1 Å². The van der Waals surface area contributed by atoms with Crippen LogP contribution in [0, 0.1) is 0 Å². The van der Waals surface area contributed by atoms with Crippen LogP contribution in [0.5, 0.6) is 11.5 Å². The second-order valence-corrected chi connectivity index (χ2v) is 7.66. The smallest absolute Gasteiger partial charge is 0.180 e. The van der Waals surface area contributed by atoms with E-state index in [1.807, 2.05) is 42.5 Å². The predicted octanol–water partition coefficient (Wildman–Crippen LogP) is 7.50. The molecule has 3 aromatic carbocycles. The first kappa shape index (κ1) is 20.9. The summed E-state index contributed by atoms with van der Waals surface area (Å²) in [6, 6.07) is 16.6. The van der Waals surface area contributed by atoms with Crippen molar-refractivity contribution in [2.24, 2.45) is 0 Å². The third-order valence-electron chi connectivity index (χ3n) is 4.00. The number of halogens is 4. The molecule has 0 radical (unpaired) electrons. The second kappa shape index (κ2) is 9.62. The highest BCUT2D eigenvalue weighted by Gasteiger charge is 2.13. The second-order valence-electron chi connectivity index (χ2n) is 6.01. The molecule has 0 amide bonds. The summed E-state index contributed by atoms with van der Waals surface area (Å²) in [6.07, 6.45) is 0. The van der Waals surface area contributed by atoms with Crippen LogP contribution in [-0.2, 0) is 13.2 Å². The van der Waals surface area contributed by atoms with Gasteiger partial charge in [-0.3, -0.25) is 0 Å². The first-order valence-corrected chi connectivity index (χ1v) is 9.90. The first-order valence-electron chi connectivity index (χ1n) is 8.39. The van der Waals surface area contributed by atoms with Crippen molar-refractivity contribution in [1.29, 1.82) is 0 Å². The van der Waals surface area contributed by atoms with Gasteiger partial charge in [-0.1, -0.05) is 52.5 Å². The molecule has 28 heavy (non-hydrogen) atoms. The van der Waals surface area contributed by atoms with Crippen molar-refractivity contribution in [3.8, 4) is 11.5 Å². The maximum absolute atomic E-state index is 6.44. The number of nitrogens with one attached hydrogen (secondary N) is 1. The first-order chi connectivity index (χ1) is 13.5. The van der Waals surface area contributed by atoms with Gasteiger partial charge in [0.05, 0.1) is 22.2 Å². The number of anilines is 1. The lowest BCUT2D eigenvalue weighted by Gasteiger charge is -2.15. The molecule has 0 saturated carbocycles. The number of methoxy groups -OCH3 is 1. The Labute approximate surface area is 184 Å². The van der Waals surface area contributed by atoms with E-state index in [2.05, 4.69) is 5.32 Å². The average Bonchev–Trinajstić information content (AvgIpc) is 2.69. The molecule has 0 unspecified atom stereocenters. The van der Waals surface area contributed by atoms with Crippen LogP contribution in [0.25, 0.3) is 0 Å². The van der Waals surface area contributed by atoms with Crippen LogP contribution in [0.4, 0.5) is 5.69 Å². The normalized spacial score (nSPS) is 10.6. The number of hydrogen-bond acceptors (Lipinski definition) is 3. The van der Waals surface area contributed by atoms with E-state index in [1.54, 1.807) is 19.2 Å². The lowest BCUT2D eigenvalue weighted by atomic mass is 10.2. The molecule has 3 rings (SSSR count). The highest BCUT2D eigenvalue weighted by Crippen LogP contribution is 2.37. The van der Waals surface area contributed by atoms with E-state index in [1.165, 1.54) is 0 Å². The molecule has 0 aliphatic rings. The minimum Gasteiger partial charge on any atom is -0.493 e. The summed E-state index contributed by atoms with van der Waals surface area (Å²) < 4.78 is 11.3. The molecule has 0 heterocycles. The molecule has 0 saturated heterocycles. The SMILES string of the molecule is COc1cc(CNc2ccc(Cl)cc2)cc(Cl)c1OCc1ccc(Cl)c(Cl)c1. The Hall–Kier alpha value is -1.78. The lowest BCUT2D eigenvalue weighted by molar-refractivity contribution is 0.284. The molecule has 0 spiro atoms. The molecular formula is C21H17Cl4NO2. The Kier molecular flexibility index (Phi) is 7.19. The molecule has 0 fully saturated rings. The summed E-state index contributed by atoms with van der Waals surface area (Å²) in [6.45, 7) is 0.861. The third kappa shape index (κ3) is 5.39. The Morgan fingerprint density at radius 1 is 0.786 bits per heavy atom. The summed E-state index contributed by atoms with van der Waals surface area (Å²) in [5, 5.41) is 5.45. The molecule has 7 heteroatoms. The summed E-state index contributed by atoms with van der Waals surface area (Å²) in [7, 11) is 1.58. The van der Waals surface area contributed by atoms with Crippen molar-refractivity contribution in [2.45, 2.75) is 13.2 Å². The van der Waals surface area contributed by atoms with Gasteiger partial charge in [0, 0.05) is 17.3 Å². The van der Waals surface area contributed by atoms with Gasteiger partial charge in [0.2, 0.25) is 0 Å². The van der Waals surface area contributed by atoms with Crippen molar-refractivity contribution >= 4 is 52.1 Å². The monoisotopic (exact) mass is 455 g/mol. The van der Waals surface area contributed by atoms with Crippen molar-refractivity contribution in [1.82, 2.24) is 0 Å². The van der Waals surface area contributed by atoms with Crippen LogP contribution in [0.15, 0.2) is 54.6 Å². The Balaban J connectivity index is 1.71. The zero-order chi connectivity index (χ0) is 20.1. The summed E-state index contributed by atoms with van der Waals surface area (Å²) in [4.78, 5) is 0. The molecule has 3 nitrogen and oxygen atoms in total. The van der Waals surface area contributed by atoms with Gasteiger partial charge in [0.25, 0.3) is 0 Å². The fourth-order valence-corrected chi connectivity index (χ4v) is 3.31. The fourth-order valence-electron chi connectivity index (χ4n) is 2.57.